The molecule has 4 aromatic rings. The summed E-state index contributed by atoms with van der Waals surface area (Å²) in [6.45, 7) is 7.28. The van der Waals surface area contributed by atoms with Crippen LogP contribution >= 0.6 is 0 Å². The minimum atomic E-state index is -4.11. The number of amides is 2. The summed E-state index contributed by atoms with van der Waals surface area (Å²) in [5.74, 6) is -0.783. The lowest BCUT2D eigenvalue weighted by Crippen LogP contribution is -2.54. The molecule has 0 heterocycles. The van der Waals surface area contributed by atoms with Crippen molar-refractivity contribution >= 4 is 27.5 Å². The summed E-state index contributed by atoms with van der Waals surface area (Å²) in [7, 11) is -4.11. The van der Waals surface area contributed by atoms with Gasteiger partial charge < -0.3 is 10.2 Å². The maximum absolute atomic E-state index is 14.4. The molecule has 0 aliphatic carbocycles. The van der Waals surface area contributed by atoms with Crippen molar-refractivity contribution in [1.29, 1.82) is 0 Å². The van der Waals surface area contributed by atoms with Crippen LogP contribution in [-0.4, -0.2) is 43.8 Å². The number of hydrogen-bond donors (Lipinski definition) is 1. The van der Waals surface area contributed by atoms with Gasteiger partial charge in [-0.2, -0.15) is 0 Å². The van der Waals surface area contributed by atoms with Gasteiger partial charge in [-0.1, -0.05) is 96.1 Å². The zero-order valence-corrected chi connectivity index (χ0v) is 25.9. The average molecular weight is 598 g/mol. The van der Waals surface area contributed by atoms with Gasteiger partial charge in [-0.05, 0) is 63.1 Å². The molecule has 0 aliphatic rings. The van der Waals surface area contributed by atoms with E-state index in [2.05, 4.69) is 5.32 Å². The van der Waals surface area contributed by atoms with Crippen LogP contribution in [0.5, 0.6) is 0 Å². The van der Waals surface area contributed by atoms with Crippen LogP contribution in [0.25, 0.3) is 0 Å². The third-order valence-electron chi connectivity index (χ3n) is 7.07. The maximum Gasteiger partial charge on any atom is 0.264 e. The lowest BCUT2D eigenvalue weighted by Gasteiger charge is -2.34. The molecule has 0 spiro atoms. The monoisotopic (exact) mass is 597 g/mol. The van der Waals surface area contributed by atoms with Crippen LogP contribution in [0.4, 0.5) is 5.69 Å². The Labute approximate surface area is 255 Å². The number of carbonyl (C=O) groups excluding carboxylic acids is 2. The van der Waals surface area contributed by atoms with Crippen LogP contribution in [0, 0.1) is 13.8 Å². The first-order valence-corrected chi connectivity index (χ1v) is 15.8. The van der Waals surface area contributed by atoms with E-state index >= 15 is 0 Å². The first kappa shape index (κ1) is 31.5. The quantitative estimate of drug-likeness (QED) is 0.228. The van der Waals surface area contributed by atoms with Crippen LogP contribution in [-0.2, 0) is 32.6 Å². The number of nitrogens with one attached hydrogen (secondary N) is 1. The molecule has 1 atom stereocenters. The van der Waals surface area contributed by atoms with E-state index in [0.717, 1.165) is 26.6 Å². The fourth-order valence-electron chi connectivity index (χ4n) is 4.90. The molecular weight excluding hydrogens is 558 g/mol. The molecule has 0 radical (unpaired) electrons. The lowest BCUT2D eigenvalue weighted by atomic mass is 10.0. The molecule has 0 aliphatic heterocycles. The molecular formula is C35H39N3O4S. The fourth-order valence-corrected chi connectivity index (χ4v) is 6.34. The van der Waals surface area contributed by atoms with Gasteiger partial charge in [-0.3, -0.25) is 13.9 Å². The summed E-state index contributed by atoms with van der Waals surface area (Å²) in [4.78, 5) is 29.7. The summed E-state index contributed by atoms with van der Waals surface area (Å²) >= 11 is 0. The van der Waals surface area contributed by atoms with E-state index in [1.54, 1.807) is 30.3 Å². The highest BCUT2D eigenvalue weighted by molar-refractivity contribution is 7.92. The van der Waals surface area contributed by atoms with Crippen LogP contribution < -0.4 is 9.62 Å². The third kappa shape index (κ3) is 8.32. The van der Waals surface area contributed by atoms with Gasteiger partial charge in [0.1, 0.15) is 12.6 Å². The van der Waals surface area contributed by atoms with Crippen LogP contribution in [0.3, 0.4) is 0 Å². The molecule has 8 heteroatoms. The number of sulfonamides is 1. The average Bonchev–Trinajstić information content (AvgIpc) is 2.98. The molecule has 4 aromatic carbocycles. The Morgan fingerprint density at radius 1 is 0.744 bits per heavy atom. The Balaban J connectivity index is 1.79. The number of hydrogen-bond acceptors (Lipinski definition) is 4. The predicted molar refractivity (Wildman–Crippen MR) is 171 cm³/mol. The lowest BCUT2D eigenvalue weighted by molar-refractivity contribution is -0.140. The van der Waals surface area contributed by atoms with Crippen molar-refractivity contribution in [3.63, 3.8) is 0 Å². The van der Waals surface area contributed by atoms with E-state index < -0.39 is 28.5 Å². The van der Waals surface area contributed by atoms with Crippen molar-refractivity contribution in [3.8, 4) is 0 Å². The third-order valence-corrected chi connectivity index (χ3v) is 8.86. The SMILES string of the molecule is Cc1ccc(N(CC(=O)N(Cc2cccc(C)c2)[C@@H](Cc2ccccc2)C(=O)NC(C)C)S(=O)(=O)c2ccccc2)cc1. The Morgan fingerprint density at radius 2 is 1.35 bits per heavy atom. The van der Waals surface area contributed by atoms with Crippen molar-refractivity contribution in [3.05, 3.63) is 131 Å². The van der Waals surface area contributed by atoms with Gasteiger partial charge in [0.15, 0.2) is 0 Å². The van der Waals surface area contributed by atoms with E-state index in [-0.39, 0.29) is 29.8 Å². The van der Waals surface area contributed by atoms with Crippen molar-refractivity contribution < 1.29 is 18.0 Å². The Morgan fingerprint density at radius 3 is 1.95 bits per heavy atom. The van der Waals surface area contributed by atoms with Crippen LogP contribution in [0.15, 0.2) is 114 Å². The molecule has 0 aromatic heterocycles. The highest BCUT2D eigenvalue weighted by Crippen LogP contribution is 2.25. The highest BCUT2D eigenvalue weighted by Gasteiger charge is 2.34. The second-order valence-corrected chi connectivity index (χ2v) is 12.9. The second kappa shape index (κ2) is 14.2. The van der Waals surface area contributed by atoms with Crippen molar-refractivity contribution in [2.24, 2.45) is 0 Å². The molecule has 4 rings (SSSR count). The first-order valence-electron chi connectivity index (χ1n) is 14.4. The normalized spacial score (nSPS) is 12.0. The Hall–Kier alpha value is -4.43. The molecule has 0 unspecified atom stereocenters. The zero-order chi connectivity index (χ0) is 31.0. The number of nitrogens with zero attached hydrogens (tertiary/aromatic N) is 2. The number of benzene rings is 4. The standard InChI is InChI=1S/C35H39N3O4S/c1-26(2)36-35(40)33(23-29-13-7-5-8-14-29)37(24-30-15-11-12-28(4)22-30)34(39)25-38(31-20-18-27(3)19-21-31)43(41,42)32-16-9-6-10-17-32/h5-22,26,33H,23-25H2,1-4H3,(H,36,40)/t33-/m0/s1. The summed E-state index contributed by atoms with van der Waals surface area (Å²) in [5, 5.41) is 2.98. The van der Waals surface area contributed by atoms with Gasteiger partial charge >= 0.3 is 0 Å². The van der Waals surface area contributed by atoms with E-state index in [9.17, 15) is 18.0 Å². The van der Waals surface area contributed by atoms with E-state index in [1.165, 1.54) is 17.0 Å². The van der Waals surface area contributed by atoms with Crippen molar-refractivity contribution in [2.45, 2.75) is 57.6 Å². The number of anilines is 1. The van der Waals surface area contributed by atoms with E-state index in [4.69, 9.17) is 0 Å². The molecule has 0 saturated carbocycles. The van der Waals surface area contributed by atoms with Gasteiger partial charge in [-0.15, -0.1) is 0 Å². The second-order valence-electron chi connectivity index (χ2n) is 11.0. The summed E-state index contributed by atoms with van der Waals surface area (Å²) in [6.07, 6.45) is 0.271. The van der Waals surface area contributed by atoms with Crippen LogP contribution in [0.2, 0.25) is 0 Å². The van der Waals surface area contributed by atoms with Gasteiger partial charge in [-0.25, -0.2) is 8.42 Å². The van der Waals surface area contributed by atoms with Gasteiger partial charge in [0.2, 0.25) is 11.8 Å². The molecule has 7 nitrogen and oxygen atoms in total. The summed E-state index contributed by atoms with van der Waals surface area (Å²) in [5.41, 5.74) is 4.08. The van der Waals surface area contributed by atoms with Crippen molar-refractivity contribution in [2.75, 3.05) is 10.8 Å². The molecule has 0 bridgehead atoms. The Kier molecular flexibility index (Phi) is 10.4. The molecule has 1 N–H and O–H groups in total. The van der Waals surface area contributed by atoms with Crippen molar-refractivity contribution in [1.82, 2.24) is 10.2 Å². The summed E-state index contributed by atoms with van der Waals surface area (Å²) in [6, 6.07) is 31.3. The number of rotatable bonds is 12. The van der Waals surface area contributed by atoms with Crippen LogP contribution in [0.1, 0.15) is 36.1 Å². The molecule has 224 valence electrons. The Bertz CT molecular complexity index is 1620. The zero-order valence-electron chi connectivity index (χ0n) is 25.1. The topological polar surface area (TPSA) is 86.8 Å². The number of aryl methyl sites for hydroxylation is 2. The maximum atomic E-state index is 14.4. The molecule has 0 saturated heterocycles. The first-order chi connectivity index (χ1) is 20.5. The summed E-state index contributed by atoms with van der Waals surface area (Å²) < 4.78 is 29.1. The number of carbonyl (C=O) groups is 2. The van der Waals surface area contributed by atoms with Gasteiger partial charge in [0.25, 0.3) is 10.0 Å². The van der Waals surface area contributed by atoms with Gasteiger partial charge in [0, 0.05) is 19.0 Å². The highest BCUT2D eigenvalue weighted by atomic mass is 32.2. The fraction of sp³-hybridized carbons (Fsp3) is 0.257. The van der Waals surface area contributed by atoms with E-state index in [1.807, 2.05) is 94.4 Å². The predicted octanol–water partition coefficient (Wildman–Crippen LogP) is 5.66. The largest absolute Gasteiger partial charge is 0.352 e. The minimum Gasteiger partial charge on any atom is -0.352 e. The molecule has 2 amide bonds. The molecule has 0 fully saturated rings. The molecule has 43 heavy (non-hydrogen) atoms. The minimum absolute atomic E-state index is 0.0759. The van der Waals surface area contributed by atoms with Gasteiger partial charge in [0.05, 0.1) is 10.6 Å². The smallest absolute Gasteiger partial charge is 0.264 e. The van der Waals surface area contributed by atoms with E-state index in [0.29, 0.717) is 5.69 Å².